The first-order valence-corrected chi connectivity index (χ1v) is 4.65. The predicted octanol–water partition coefficient (Wildman–Crippen LogP) is 2.36. The van der Waals surface area contributed by atoms with E-state index in [1.165, 1.54) is 0 Å². The van der Waals surface area contributed by atoms with Gasteiger partial charge in [0.15, 0.2) is 0 Å². The summed E-state index contributed by atoms with van der Waals surface area (Å²) in [5.41, 5.74) is 0. The molecule has 0 aromatic heterocycles. The Bertz CT molecular complexity index is 141. The van der Waals surface area contributed by atoms with Crippen LogP contribution in [0.2, 0.25) is 0 Å². The van der Waals surface area contributed by atoms with Gasteiger partial charge in [-0.2, -0.15) is 0 Å². The zero-order chi connectivity index (χ0) is 9.40. The lowest BCUT2D eigenvalue weighted by molar-refractivity contribution is -0.117. The Hall–Kier alpha value is -0.660. The van der Waals surface area contributed by atoms with Crippen LogP contribution in [0.3, 0.4) is 0 Å². The molecule has 2 nitrogen and oxygen atoms in total. The van der Waals surface area contributed by atoms with Crippen LogP contribution in [-0.4, -0.2) is 12.1 Å². The number of carbonyl (C=O) groups is 2. The van der Waals surface area contributed by atoms with Crippen molar-refractivity contribution in [3.63, 3.8) is 0 Å². The summed E-state index contributed by atoms with van der Waals surface area (Å²) >= 11 is 0. The van der Waals surface area contributed by atoms with Crippen LogP contribution in [0.1, 0.15) is 46.0 Å². The normalized spacial score (nSPS) is 12.5. The molecule has 0 aromatic rings. The van der Waals surface area contributed by atoms with Crippen molar-refractivity contribution in [2.24, 2.45) is 5.92 Å². The molecule has 1 unspecified atom stereocenters. The first kappa shape index (κ1) is 11.3. The number of unbranched alkanes of at least 4 members (excludes halogenated alkanes) is 1. The molecule has 0 amide bonds. The van der Waals surface area contributed by atoms with Crippen LogP contribution in [0, 0.1) is 5.92 Å². The van der Waals surface area contributed by atoms with E-state index in [2.05, 4.69) is 6.92 Å². The molecule has 0 bridgehead atoms. The van der Waals surface area contributed by atoms with E-state index < -0.39 is 0 Å². The van der Waals surface area contributed by atoms with Gasteiger partial charge in [0.1, 0.15) is 12.1 Å². The number of hydrogen-bond donors (Lipinski definition) is 0. The first-order valence-electron chi connectivity index (χ1n) is 4.65. The molecule has 1 atom stereocenters. The predicted molar refractivity (Wildman–Crippen MR) is 49.0 cm³/mol. The van der Waals surface area contributed by atoms with Crippen molar-refractivity contribution >= 4 is 12.1 Å². The van der Waals surface area contributed by atoms with E-state index in [0.717, 1.165) is 32.0 Å². The Labute approximate surface area is 74.3 Å². The molecule has 0 spiro atoms. The number of aldehydes is 1. The van der Waals surface area contributed by atoms with Crippen LogP contribution in [0.4, 0.5) is 0 Å². The number of hydrogen-bond acceptors (Lipinski definition) is 2. The molecule has 0 saturated heterocycles. The highest BCUT2D eigenvalue weighted by Crippen LogP contribution is 2.12. The third-order valence-electron chi connectivity index (χ3n) is 1.99. The molecule has 12 heavy (non-hydrogen) atoms. The van der Waals surface area contributed by atoms with E-state index in [9.17, 15) is 9.59 Å². The maximum Gasteiger partial charge on any atom is 0.129 e. The summed E-state index contributed by atoms with van der Waals surface area (Å²) < 4.78 is 0. The lowest BCUT2D eigenvalue weighted by Gasteiger charge is -2.06. The Morgan fingerprint density at radius 1 is 1.42 bits per heavy atom. The minimum absolute atomic E-state index is 0.105. The Morgan fingerprint density at radius 3 is 2.50 bits per heavy atom. The molecular formula is C10H18O2. The summed E-state index contributed by atoms with van der Waals surface area (Å²) in [4.78, 5) is 21.1. The molecule has 0 heterocycles. The first-order chi connectivity index (χ1) is 5.70. The van der Waals surface area contributed by atoms with Crippen LogP contribution in [0.5, 0.6) is 0 Å². The van der Waals surface area contributed by atoms with Gasteiger partial charge in [0.25, 0.3) is 0 Å². The minimum atomic E-state index is 0.105. The lowest BCUT2D eigenvalue weighted by atomic mass is 9.97. The third kappa shape index (κ3) is 6.08. The van der Waals surface area contributed by atoms with Gasteiger partial charge in [-0.05, 0) is 19.8 Å². The van der Waals surface area contributed by atoms with E-state index in [-0.39, 0.29) is 11.7 Å². The van der Waals surface area contributed by atoms with E-state index in [4.69, 9.17) is 0 Å². The largest absolute Gasteiger partial charge is 0.303 e. The number of carbonyl (C=O) groups excluding carboxylic acids is 2. The molecule has 0 aliphatic heterocycles. The third-order valence-corrected chi connectivity index (χ3v) is 1.99. The number of rotatable bonds is 7. The molecule has 0 aliphatic carbocycles. The second-order valence-electron chi connectivity index (χ2n) is 3.28. The number of ketones is 1. The van der Waals surface area contributed by atoms with Crippen LogP contribution in [0.25, 0.3) is 0 Å². The summed E-state index contributed by atoms with van der Waals surface area (Å²) in [5.74, 6) is 0.284. The molecular weight excluding hydrogens is 152 g/mol. The van der Waals surface area contributed by atoms with E-state index >= 15 is 0 Å². The minimum Gasteiger partial charge on any atom is -0.303 e. The highest BCUT2D eigenvalue weighted by molar-refractivity contribution is 5.75. The summed E-state index contributed by atoms with van der Waals surface area (Å²) in [5, 5.41) is 0. The Balaban J connectivity index is 3.52. The van der Waals surface area contributed by atoms with Crippen LogP contribution < -0.4 is 0 Å². The van der Waals surface area contributed by atoms with E-state index in [0.29, 0.717) is 6.42 Å². The van der Waals surface area contributed by atoms with E-state index in [1.807, 2.05) is 0 Å². The zero-order valence-corrected chi connectivity index (χ0v) is 8.01. The highest BCUT2D eigenvalue weighted by Gasteiger charge is 2.07. The maximum absolute atomic E-state index is 10.6. The average Bonchev–Trinajstić information content (AvgIpc) is 2.05. The zero-order valence-electron chi connectivity index (χ0n) is 8.01. The van der Waals surface area contributed by atoms with Gasteiger partial charge in [-0.1, -0.05) is 19.8 Å². The van der Waals surface area contributed by atoms with Gasteiger partial charge in [0, 0.05) is 12.3 Å². The van der Waals surface area contributed by atoms with Gasteiger partial charge < -0.3 is 9.59 Å². The average molecular weight is 170 g/mol. The SMILES string of the molecule is CCCCC(C=O)CCC(C)=O. The topological polar surface area (TPSA) is 34.1 Å². The van der Waals surface area contributed by atoms with Crippen molar-refractivity contribution in [2.45, 2.75) is 46.0 Å². The van der Waals surface area contributed by atoms with Crippen LogP contribution >= 0.6 is 0 Å². The van der Waals surface area contributed by atoms with Gasteiger partial charge in [-0.3, -0.25) is 0 Å². The van der Waals surface area contributed by atoms with Gasteiger partial charge >= 0.3 is 0 Å². The summed E-state index contributed by atoms with van der Waals surface area (Å²) in [6.07, 6.45) is 5.41. The van der Waals surface area contributed by atoms with Crippen molar-refractivity contribution in [2.75, 3.05) is 0 Å². The van der Waals surface area contributed by atoms with Crippen LogP contribution in [0.15, 0.2) is 0 Å². The smallest absolute Gasteiger partial charge is 0.129 e. The maximum atomic E-state index is 10.6. The summed E-state index contributed by atoms with van der Waals surface area (Å²) in [7, 11) is 0. The highest BCUT2D eigenvalue weighted by atomic mass is 16.1. The Morgan fingerprint density at radius 2 is 2.08 bits per heavy atom. The summed E-state index contributed by atoms with van der Waals surface area (Å²) in [6.45, 7) is 3.68. The van der Waals surface area contributed by atoms with Gasteiger partial charge in [0.2, 0.25) is 0 Å². The standard InChI is InChI=1S/C10H18O2/c1-3-4-5-10(8-11)7-6-9(2)12/h8,10H,3-7H2,1-2H3. The molecule has 0 aromatic carbocycles. The van der Waals surface area contributed by atoms with Crippen molar-refractivity contribution in [1.82, 2.24) is 0 Å². The quantitative estimate of drug-likeness (QED) is 0.550. The molecule has 2 heteroatoms. The molecule has 0 fully saturated rings. The fourth-order valence-electron chi connectivity index (χ4n) is 1.14. The lowest BCUT2D eigenvalue weighted by Crippen LogP contribution is -2.04. The fraction of sp³-hybridized carbons (Fsp3) is 0.800. The van der Waals surface area contributed by atoms with Crippen molar-refractivity contribution in [1.29, 1.82) is 0 Å². The fourth-order valence-corrected chi connectivity index (χ4v) is 1.14. The van der Waals surface area contributed by atoms with Crippen LogP contribution in [-0.2, 0) is 9.59 Å². The Kier molecular flexibility index (Phi) is 6.63. The number of Topliss-reactive ketones (excluding diaryl/α,β-unsaturated/α-hetero) is 1. The van der Waals surface area contributed by atoms with Gasteiger partial charge in [-0.25, -0.2) is 0 Å². The second kappa shape index (κ2) is 7.01. The molecule has 0 aliphatic rings. The summed E-state index contributed by atoms with van der Waals surface area (Å²) in [6, 6.07) is 0. The monoisotopic (exact) mass is 170 g/mol. The second-order valence-corrected chi connectivity index (χ2v) is 3.28. The van der Waals surface area contributed by atoms with Crippen molar-refractivity contribution < 1.29 is 9.59 Å². The van der Waals surface area contributed by atoms with Gasteiger partial charge in [-0.15, -0.1) is 0 Å². The molecule has 0 radical (unpaired) electrons. The molecule has 0 N–H and O–H groups in total. The van der Waals surface area contributed by atoms with Crippen molar-refractivity contribution in [3.05, 3.63) is 0 Å². The molecule has 0 saturated carbocycles. The van der Waals surface area contributed by atoms with E-state index in [1.54, 1.807) is 6.92 Å². The van der Waals surface area contributed by atoms with Crippen molar-refractivity contribution in [3.8, 4) is 0 Å². The molecule has 70 valence electrons. The molecule has 0 rings (SSSR count). The van der Waals surface area contributed by atoms with Gasteiger partial charge in [0.05, 0.1) is 0 Å².